The van der Waals surface area contributed by atoms with Crippen LogP contribution in [0.1, 0.15) is 24.1 Å². The van der Waals surface area contributed by atoms with E-state index in [-0.39, 0.29) is 0 Å². The van der Waals surface area contributed by atoms with Gasteiger partial charge in [0.15, 0.2) is 0 Å². The predicted molar refractivity (Wildman–Crippen MR) is 358 cm³/mol. The first-order valence-electron chi connectivity index (χ1n) is 29.6. The van der Waals surface area contributed by atoms with Crippen molar-refractivity contribution in [1.82, 2.24) is 29.1 Å². The van der Waals surface area contributed by atoms with E-state index < -0.39 is 0 Å². The minimum Gasteiger partial charge on any atom is -0.456 e. The Balaban J connectivity index is 0.848. The molecule has 16 aromatic rings. The number of hydrogen-bond donors (Lipinski definition) is 0. The summed E-state index contributed by atoms with van der Waals surface area (Å²) < 4.78 is 11.6. The standard InChI is InChI=1S/C80H52N6O/c1-5-21-61(71-25-9-13-41-81-71)57(17-1)51-29-35-75-65(45-51)66-46-52(58-18-2-6-22-62(58)72-26-10-14-42-82-72)30-36-76(66)85(75)55-33-39-79-69(49-55)70-50-56(34-40-80(70)87-79)86-77-37-31-53(59-19-3-7-23-63(59)73-27-11-15-43-83-73)47-67(77)68-48-54(32-38-78(68)86)60-20-4-8-24-64(60)74-28-12-16-44-84-74/h1-3,5-19,21-50H,4,20H2. The number of furan rings is 1. The van der Waals surface area contributed by atoms with Gasteiger partial charge >= 0.3 is 0 Å². The minimum absolute atomic E-state index is 0.829. The topological polar surface area (TPSA) is 74.6 Å². The largest absolute Gasteiger partial charge is 0.456 e. The highest BCUT2D eigenvalue weighted by atomic mass is 16.3. The normalized spacial score (nSPS) is 12.6. The second-order valence-corrected chi connectivity index (χ2v) is 22.4. The molecule has 7 heteroatoms. The van der Waals surface area contributed by atoms with Crippen molar-refractivity contribution in [2.45, 2.75) is 12.8 Å². The van der Waals surface area contributed by atoms with E-state index in [1.807, 2.05) is 49.1 Å². The smallest absolute Gasteiger partial charge is 0.135 e. The zero-order valence-corrected chi connectivity index (χ0v) is 47.2. The van der Waals surface area contributed by atoms with Crippen molar-refractivity contribution >= 4 is 76.7 Å². The first kappa shape index (κ1) is 50.0. The Hall–Kier alpha value is -11.5. The molecule has 0 amide bonds. The van der Waals surface area contributed by atoms with E-state index in [0.29, 0.717) is 0 Å². The van der Waals surface area contributed by atoms with Gasteiger partial charge < -0.3 is 13.6 Å². The van der Waals surface area contributed by atoms with Crippen molar-refractivity contribution in [2.75, 3.05) is 0 Å². The summed E-state index contributed by atoms with van der Waals surface area (Å²) in [6.07, 6.45) is 13.9. The van der Waals surface area contributed by atoms with Crippen LogP contribution in [0.2, 0.25) is 0 Å². The van der Waals surface area contributed by atoms with Crippen LogP contribution in [-0.2, 0) is 0 Å². The van der Waals surface area contributed by atoms with Gasteiger partial charge in [0, 0.05) is 90.7 Å². The highest BCUT2D eigenvalue weighted by Gasteiger charge is 2.23. The van der Waals surface area contributed by atoms with Gasteiger partial charge in [0.05, 0.1) is 44.8 Å². The molecule has 0 atom stereocenters. The van der Waals surface area contributed by atoms with E-state index in [9.17, 15) is 0 Å². The van der Waals surface area contributed by atoms with Gasteiger partial charge in [-0.25, -0.2) is 0 Å². The molecular formula is C80H52N6O. The Morgan fingerprint density at radius 2 is 0.655 bits per heavy atom. The van der Waals surface area contributed by atoms with Crippen LogP contribution >= 0.6 is 0 Å². The first-order chi connectivity index (χ1) is 43.1. The van der Waals surface area contributed by atoms with Crippen LogP contribution in [-0.4, -0.2) is 29.1 Å². The molecule has 1 aliphatic rings. The van der Waals surface area contributed by atoms with Gasteiger partial charge in [-0.15, -0.1) is 0 Å². The van der Waals surface area contributed by atoms with Crippen LogP contribution in [0.3, 0.4) is 0 Å². The molecule has 1 aliphatic carbocycles. The lowest BCUT2D eigenvalue weighted by atomic mass is 9.89. The van der Waals surface area contributed by atoms with Crippen molar-refractivity contribution in [3.05, 3.63) is 303 Å². The SMILES string of the molecule is C1=CC(c2ccccn2)=C(c2ccc3c(c2)c2cc(-c4ccccc4-c4ccccn4)ccc2n3-c2ccc3oc4ccc(-n5c6ccc(-c7ccccc7-c7ccccn7)cc6c6cc(-c7ccccc7-c7ccccn7)ccc65)cc4c3c2)CC1. The third-order valence-corrected chi connectivity index (χ3v) is 17.5. The Labute approximate surface area is 501 Å². The lowest BCUT2D eigenvalue weighted by Crippen LogP contribution is -1.97. The third kappa shape index (κ3) is 8.50. The zero-order chi connectivity index (χ0) is 57.4. The number of nitrogens with zero attached hydrogens (tertiary/aromatic N) is 6. The molecule has 7 heterocycles. The first-order valence-corrected chi connectivity index (χ1v) is 29.6. The molecular weight excluding hydrogens is 1060 g/mol. The fraction of sp³-hybridized carbons (Fsp3) is 0.0250. The van der Waals surface area contributed by atoms with Crippen LogP contribution in [0, 0.1) is 0 Å². The maximum absolute atomic E-state index is 6.76. The third-order valence-electron chi connectivity index (χ3n) is 17.5. The van der Waals surface area contributed by atoms with Gasteiger partial charge in [-0.1, -0.05) is 133 Å². The van der Waals surface area contributed by atoms with Crippen LogP contribution in [0.25, 0.3) is 155 Å². The molecule has 9 aromatic carbocycles. The molecule has 0 aliphatic heterocycles. The van der Waals surface area contributed by atoms with Gasteiger partial charge in [0.2, 0.25) is 0 Å². The van der Waals surface area contributed by atoms with Gasteiger partial charge in [-0.05, 0) is 191 Å². The Kier molecular flexibility index (Phi) is 11.9. The second kappa shape index (κ2) is 20.7. The number of pyridine rings is 4. The Morgan fingerprint density at radius 3 is 1.05 bits per heavy atom. The number of benzene rings is 9. The number of allylic oxidation sites excluding steroid dienone is 4. The molecule has 0 radical (unpaired) electrons. The highest BCUT2D eigenvalue weighted by molar-refractivity contribution is 6.15. The monoisotopic (exact) mass is 1110 g/mol. The van der Waals surface area contributed by atoms with E-state index in [2.05, 4.69) is 252 Å². The molecule has 0 saturated heterocycles. The number of aromatic nitrogens is 6. The number of rotatable bonds is 10. The second-order valence-electron chi connectivity index (χ2n) is 22.4. The molecule has 0 fully saturated rings. The Bertz CT molecular complexity index is 5300. The van der Waals surface area contributed by atoms with Crippen molar-refractivity contribution < 1.29 is 4.42 Å². The molecule has 17 rings (SSSR count). The zero-order valence-electron chi connectivity index (χ0n) is 47.2. The summed E-state index contributed by atoms with van der Waals surface area (Å²) in [5.41, 5.74) is 25.7. The summed E-state index contributed by atoms with van der Waals surface area (Å²) in [6.45, 7) is 0. The summed E-state index contributed by atoms with van der Waals surface area (Å²) >= 11 is 0. The van der Waals surface area contributed by atoms with E-state index in [0.717, 1.165) is 152 Å². The number of hydrogen-bond acceptors (Lipinski definition) is 5. The molecule has 0 bridgehead atoms. The summed E-state index contributed by atoms with van der Waals surface area (Å²) in [6, 6.07) is 91.3. The summed E-state index contributed by atoms with van der Waals surface area (Å²) in [5, 5.41) is 6.73. The van der Waals surface area contributed by atoms with E-state index in [1.54, 1.807) is 0 Å². The van der Waals surface area contributed by atoms with Crippen LogP contribution in [0.4, 0.5) is 0 Å². The minimum atomic E-state index is 0.829. The Morgan fingerprint density at radius 1 is 0.299 bits per heavy atom. The molecule has 0 saturated carbocycles. The lowest BCUT2D eigenvalue weighted by Gasteiger charge is -2.17. The number of fused-ring (bicyclic) bond motifs is 9. The van der Waals surface area contributed by atoms with Crippen LogP contribution in [0.15, 0.2) is 296 Å². The van der Waals surface area contributed by atoms with Gasteiger partial charge in [0.1, 0.15) is 11.2 Å². The fourth-order valence-electron chi connectivity index (χ4n) is 13.5. The van der Waals surface area contributed by atoms with Crippen molar-refractivity contribution in [3.63, 3.8) is 0 Å². The average Bonchev–Trinajstić information content (AvgIpc) is 1.69. The molecule has 0 spiro atoms. The summed E-state index contributed by atoms with van der Waals surface area (Å²) in [7, 11) is 0. The maximum atomic E-state index is 6.76. The van der Waals surface area contributed by atoms with Crippen LogP contribution in [0.5, 0.6) is 0 Å². The molecule has 0 unspecified atom stereocenters. The van der Waals surface area contributed by atoms with E-state index >= 15 is 0 Å². The molecule has 7 nitrogen and oxygen atoms in total. The lowest BCUT2D eigenvalue weighted by molar-refractivity contribution is 0.669. The highest BCUT2D eigenvalue weighted by Crippen LogP contribution is 2.45. The quantitative estimate of drug-likeness (QED) is 0.136. The summed E-state index contributed by atoms with van der Waals surface area (Å²) in [5.74, 6) is 0. The van der Waals surface area contributed by atoms with Crippen molar-refractivity contribution in [1.29, 1.82) is 0 Å². The van der Waals surface area contributed by atoms with Crippen LogP contribution < -0.4 is 0 Å². The fourth-order valence-corrected chi connectivity index (χ4v) is 13.5. The molecule has 87 heavy (non-hydrogen) atoms. The molecule has 0 N–H and O–H groups in total. The molecule has 7 aromatic heterocycles. The van der Waals surface area contributed by atoms with Crippen molar-refractivity contribution in [3.8, 4) is 78.5 Å². The van der Waals surface area contributed by atoms with Crippen molar-refractivity contribution in [2.24, 2.45) is 0 Å². The average molecular weight is 1110 g/mol. The van der Waals surface area contributed by atoms with Gasteiger partial charge in [-0.2, -0.15) is 0 Å². The molecule has 408 valence electrons. The van der Waals surface area contributed by atoms with E-state index in [1.165, 1.54) is 27.5 Å². The van der Waals surface area contributed by atoms with Gasteiger partial charge in [0.25, 0.3) is 0 Å². The summed E-state index contributed by atoms with van der Waals surface area (Å²) in [4.78, 5) is 19.2. The van der Waals surface area contributed by atoms with E-state index in [4.69, 9.17) is 24.4 Å². The predicted octanol–water partition coefficient (Wildman–Crippen LogP) is 20.6. The van der Waals surface area contributed by atoms with Gasteiger partial charge in [-0.3, -0.25) is 19.9 Å². The maximum Gasteiger partial charge on any atom is 0.135 e.